The predicted octanol–water partition coefficient (Wildman–Crippen LogP) is 2.42. The van der Waals surface area contributed by atoms with E-state index in [1.807, 2.05) is 0 Å². The second-order valence-corrected chi connectivity index (χ2v) is 8.40. The summed E-state index contributed by atoms with van der Waals surface area (Å²) in [4.78, 5) is 6.56. The van der Waals surface area contributed by atoms with E-state index in [9.17, 15) is 0 Å². The highest BCUT2D eigenvalue weighted by molar-refractivity contribution is 5.79. The van der Waals surface area contributed by atoms with Crippen molar-refractivity contribution in [1.82, 2.24) is 15.5 Å². The molecule has 6 heteroatoms. The molecule has 1 atom stereocenters. The van der Waals surface area contributed by atoms with Gasteiger partial charge < -0.3 is 25.0 Å². The maximum absolute atomic E-state index is 6.18. The van der Waals surface area contributed by atoms with Crippen LogP contribution in [-0.2, 0) is 11.3 Å². The Kier molecular flexibility index (Phi) is 7.92. The van der Waals surface area contributed by atoms with Crippen molar-refractivity contribution in [3.05, 3.63) is 29.3 Å². The van der Waals surface area contributed by atoms with E-state index in [-0.39, 0.29) is 11.5 Å². The average molecular weight is 377 g/mol. The Morgan fingerprint density at radius 3 is 2.74 bits per heavy atom. The van der Waals surface area contributed by atoms with E-state index >= 15 is 0 Å². The minimum Gasteiger partial charge on any atom is -0.488 e. The van der Waals surface area contributed by atoms with Crippen LogP contribution in [0.15, 0.2) is 23.2 Å². The van der Waals surface area contributed by atoms with Gasteiger partial charge in [0.1, 0.15) is 11.9 Å². The van der Waals surface area contributed by atoms with E-state index in [1.165, 1.54) is 5.56 Å². The number of hydrogen-bond acceptors (Lipinski definition) is 4. The number of nitrogens with zero attached hydrogens (tertiary/aromatic N) is 2. The summed E-state index contributed by atoms with van der Waals surface area (Å²) in [5.41, 5.74) is 2.48. The molecule has 1 saturated heterocycles. The molecule has 1 aromatic rings. The van der Waals surface area contributed by atoms with Crippen LogP contribution in [0.1, 0.15) is 31.4 Å². The molecular formula is C21H36N4O2. The van der Waals surface area contributed by atoms with Crippen molar-refractivity contribution in [3.8, 4) is 5.75 Å². The van der Waals surface area contributed by atoms with Gasteiger partial charge in [0.25, 0.3) is 0 Å². The zero-order valence-electron chi connectivity index (χ0n) is 17.8. The second kappa shape index (κ2) is 9.95. The van der Waals surface area contributed by atoms with Crippen molar-refractivity contribution in [2.24, 2.45) is 10.4 Å². The molecule has 0 spiro atoms. The van der Waals surface area contributed by atoms with Gasteiger partial charge in [0.2, 0.25) is 0 Å². The number of ether oxygens (including phenoxy) is 2. The topological polar surface area (TPSA) is 58.1 Å². The SMILES string of the molecule is CN=C(NCc1ccc(C)cc1OC1CCOC1)NCC(C)(C)CN(C)C. The van der Waals surface area contributed by atoms with E-state index in [4.69, 9.17) is 9.47 Å². The summed E-state index contributed by atoms with van der Waals surface area (Å²) in [6.45, 7) is 10.6. The standard InChI is InChI=1S/C21H36N4O2/c1-16-7-8-17(19(11-16)27-18-9-10-26-13-18)12-23-20(22-4)24-14-21(2,3)15-25(5)6/h7-8,11,18H,9-10,12-15H2,1-6H3,(H2,22,23,24). The minimum absolute atomic E-state index is 0.148. The molecule has 0 aliphatic carbocycles. The lowest BCUT2D eigenvalue weighted by atomic mass is 9.93. The number of aryl methyl sites for hydroxylation is 1. The highest BCUT2D eigenvalue weighted by Gasteiger charge is 2.20. The fourth-order valence-electron chi connectivity index (χ4n) is 3.34. The van der Waals surface area contributed by atoms with Crippen molar-refractivity contribution in [3.63, 3.8) is 0 Å². The van der Waals surface area contributed by atoms with E-state index in [0.717, 1.165) is 43.4 Å². The minimum atomic E-state index is 0.148. The first-order valence-corrected chi connectivity index (χ1v) is 9.72. The highest BCUT2D eigenvalue weighted by atomic mass is 16.5. The van der Waals surface area contributed by atoms with E-state index in [1.54, 1.807) is 7.05 Å². The molecule has 0 bridgehead atoms. The molecule has 152 valence electrons. The van der Waals surface area contributed by atoms with Crippen molar-refractivity contribution < 1.29 is 9.47 Å². The molecule has 27 heavy (non-hydrogen) atoms. The number of guanidine groups is 1. The molecule has 1 aliphatic rings. The Balaban J connectivity index is 1.93. The normalized spacial score (nSPS) is 18.0. The summed E-state index contributed by atoms with van der Waals surface area (Å²) in [7, 11) is 6.00. The van der Waals surface area contributed by atoms with Gasteiger partial charge in [0.15, 0.2) is 5.96 Å². The maximum Gasteiger partial charge on any atom is 0.191 e. The summed E-state index contributed by atoms with van der Waals surface area (Å²) < 4.78 is 11.6. The van der Waals surface area contributed by atoms with Crippen molar-refractivity contribution >= 4 is 5.96 Å². The monoisotopic (exact) mass is 376 g/mol. The Morgan fingerprint density at radius 2 is 2.11 bits per heavy atom. The molecule has 1 aliphatic heterocycles. The van der Waals surface area contributed by atoms with Crippen LogP contribution < -0.4 is 15.4 Å². The van der Waals surface area contributed by atoms with Gasteiger partial charge in [0.05, 0.1) is 13.2 Å². The molecule has 1 fully saturated rings. The van der Waals surface area contributed by atoms with E-state index in [2.05, 4.69) is 73.6 Å². The first-order chi connectivity index (χ1) is 12.8. The zero-order chi connectivity index (χ0) is 19.9. The molecular weight excluding hydrogens is 340 g/mol. The van der Waals surface area contributed by atoms with Crippen LogP contribution >= 0.6 is 0 Å². The summed E-state index contributed by atoms with van der Waals surface area (Å²) in [6, 6.07) is 6.34. The first-order valence-electron chi connectivity index (χ1n) is 9.72. The number of rotatable bonds is 8. The van der Waals surface area contributed by atoms with Gasteiger partial charge in [-0.15, -0.1) is 0 Å². The Bertz CT molecular complexity index is 623. The summed E-state index contributed by atoms with van der Waals surface area (Å²) in [5, 5.41) is 6.85. The predicted molar refractivity (Wildman–Crippen MR) is 112 cm³/mol. The third-order valence-corrected chi connectivity index (χ3v) is 4.55. The number of benzene rings is 1. The molecule has 0 aromatic heterocycles. The molecule has 2 rings (SSSR count). The van der Waals surface area contributed by atoms with Gasteiger partial charge in [-0.25, -0.2) is 0 Å². The zero-order valence-corrected chi connectivity index (χ0v) is 17.8. The summed E-state index contributed by atoms with van der Waals surface area (Å²) >= 11 is 0. The molecule has 0 saturated carbocycles. The van der Waals surface area contributed by atoms with Gasteiger partial charge in [-0.05, 0) is 38.1 Å². The fraction of sp³-hybridized carbons (Fsp3) is 0.667. The molecule has 2 N–H and O–H groups in total. The van der Waals surface area contributed by atoms with E-state index in [0.29, 0.717) is 13.2 Å². The molecule has 1 unspecified atom stereocenters. The Hall–Kier alpha value is -1.79. The second-order valence-electron chi connectivity index (χ2n) is 8.40. The van der Waals surface area contributed by atoms with Gasteiger partial charge in [-0.3, -0.25) is 4.99 Å². The van der Waals surface area contributed by atoms with E-state index < -0.39 is 0 Å². The quantitative estimate of drug-likeness (QED) is 0.539. The van der Waals surface area contributed by atoms with Gasteiger partial charge >= 0.3 is 0 Å². The van der Waals surface area contributed by atoms with Crippen LogP contribution in [0, 0.1) is 12.3 Å². The van der Waals surface area contributed by atoms with Crippen LogP contribution in [0.25, 0.3) is 0 Å². The number of hydrogen-bond donors (Lipinski definition) is 2. The fourth-order valence-corrected chi connectivity index (χ4v) is 3.34. The molecule has 6 nitrogen and oxygen atoms in total. The molecule has 0 amide bonds. The van der Waals surface area contributed by atoms with Crippen molar-refractivity contribution in [2.75, 3.05) is 47.4 Å². The largest absolute Gasteiger partial charge is 0.488 e. The smallest absolute Gasteiger partial charge is 0.191 e. The summed E-state index contributed by atoms with van der Waals surface area (Å²) in [6.07, 6.45) is 1.10. The van der Waals surface area contributed by atoms with Crippen LogP contribution in [0.4, 0.5) is 0 Å². The van der Waals surface area contributed by atoms with Crippen molar-refractivity contribution in [1.29, 1.82) is 0 Å². The molecule has 0 radical (unpaired) electrons. The van der Waals surface area contributed by atoms with Crippen LogP contribution in [0.3, 0.4) is 0 Å². The first kappa shape index (κ1) is 21.5. The third kappa shape index (κ3) is 7.39. The Labute approximate surface area is 164 Å². The molecule has 1 heterocycles. The van der Waals surface area contributed by atoms with Gasteiger partial charge in [-0.2, -0.15) is 0 Å². The summed E-state index contributed by atoms with van der Waals surface area (Å²) in [5.74, 6) is 1.74. The Morgan fingerprint density at radius 1 is 1.33 bits per heavy atom. The third-order valence-electron chi connectivity index (χ3n) is 4.55. The van der Waals surface area contributed by atoms with Gasteiger partial charge in [-0.1, -0.05) is 26.0 Å². The lowest BCUT2D eigenvalue weighted by Gasteiger charge is -2.29. The van der Waals surface area contributed by atoms with Crippen LogP contribution in [0.5, 0.6) is 5.75 Å². The lowest BCUT2D eigenvalue weighted by molar-refractivity contribution is 0.140. The van der Waals surface area contributed by atoms with Crippen LogP contribution in [-0.4, -0.2) is 64.4 Å². The lowest BCUT2D eigenvalue weighted by Crippen LogP contribution is -2.44. The molecule has 1 aromatic carbocycles. The maximum atomic E-state index is 6.18. The van der Waals surface area contributed by atoms with Crippen molar-refractivity contribution in [2.45, 2.75) is 39.8 Å². The average Bonchev–Trinajstić information content (AvgIpc) is 3.08. The van der Waals surface area contributed by atoms with Gasteiger partial charge in [0, 0.05) is 38.7 Å². The van der Waals surface area contributed by atoms with Crippen LogP contribution in [0.2, 0.25) is 0 Å². The number of nitrogens with one attached hydrogen (secondary N) is 2. The highest BCUT2D eigenvalue weighted by Crippen LogP contribution is 2.23. The number of aliphatic imine (C=N–C) groups is 1.